The van der Waals surface area contributed by atoms with E-state index in [2.05, 4.69) is 49.0 Å². The largest absolute Gasteiger partial charge is 0.469 e. The number of nitrogens with one attached hydrogen (secondary N) is 1. The van der Waals surface area contributed by atoms with Crippen LogP contribution >= 0.6 is 11.3 Å². The number of benzene rings is 1. The molecule has 0 aliphatic carbocycles. The standard InChI is InChI=1S/C17H21NO2S/c1-11-7-12(2)17(13(3)8-11)18-10-15-6-5-14(21-15)9-16(19)20-4/h5-8,18H,9-10H2,1-4H3. The Morgan fingerprint density at radius 3 is 2.38 bits per heavy atom. The number of hydrogen-bond donors (Lipinski definition) is 1. The van der Waals surface area contributed by atoms with Crippen molar-refractivity contribution in [2.24, 2.45) is 0 Å². The monoisotopic (exact) mass is 303 g/mol. The third-order valence-corrected chi connectivity index (χ3v) is 4.47. The Labute approximate surface area is 130 Å². The maximum atomic E-state index is 11.3. The highest BCUT2D eigenvalue weighted by Crippen LogP contribution is 2.24. The van der Waals surface area contributed by atoms with Crippen molar-refractivity contribution in [2.45, 2.75) is 33.7 Å². The molecule has 2 aromatic rings. The maximum absolute atomic E-state index is 11.3. The van der Waals surface area contributed by atoms with Crippen molar-refractivity contribution in [1.82, 2.24) is 0 Å². The van der Waals surface area contributed by atoms with Gasteiger partial charge in [0.25, 0.3) is 0 Å². The summed E-state index contributed by atoms with van der Waals surface area (Å²) in [6, 6.07) is 8.43. The summed E-state index contributed by atoms with van der Waals surface area (Å²) in [6.45, 7) is 7.14. The van der Waals surface area contributed by atoms with E-state index in [-0.39, 0.29) is 5.97 Å². The summed E-state index contributed by atoms with van der Waals surface area (Å²) in [5, 5.41) is 3.50. The summed E-state index contributed by atoms with van der Waals surface area (Å²) < 4.78 is 4.69. The highest BCUT2D eigenvalue weighted by atomic mass is 32.1. The summed E-state index contributed by atoms with van der Waals surface area (Å²) in [7, 11) is 1.42. The SMILES string of the molecule is COC(=O)Cc1ccc(CNc2c(C)cc(C)cc2C)s1. The van der Waals surface area contributed by atoms with Gasteiger partial charge in [-0.1, -0.05) is 17.7 Å². The van der Waals surface area contributed by atoms with Crippen molar-refractivity contribution in [3.63, 3.8) is 0 Å². The van der Waals surface area contributed by atoms with Gasteiger partial charge in [-0.3, -0.25) is 4.79 Å². The predicted molar refractivity (Wildman–Crippen MR) is 88.0 cm³/mol. The number of carbonyl (C=O) groups is 1. The molecular weight excluding hydrogens is 282 g/mol. The van der Waals surface area contributed by atoms with Crippen LogP contribution in [0.4, 0.5) is 5.69 Å². The van der Waals surface area contributed by atoms with E-state index in [0.717, 1.165) is 11.4 Å². The van der Waals surface area contributed by atoms with Crippen LogP contribution in [0, 0.1) is 20.8 Å². The van der Waals surface area contributed by atoms with E-state index in [9.17, 15) is 4.79 Å². The van der Waals surface area contributed by atoms with Gasteiger partial charge in [0.1, 0.15) is 0 Å². The van der Waals surface area contributed by atoms with E-state index in [1.807, 2.05) is 6.07 Å². The van der Waals surface area contributed by atoms with Crippen molar-refractivity contribution in [1.29, 1.82) is 0 Å². The number of carbonyl (C=O) groups excluding carboxylic acids is 1. The van der Waals surface area contributed by atoms with Crippen LogP contribution < -0.4 is 5.32 Å². The van der Waals surface area contributed by atoms with E-state index in [1.54, 1.807) is 11.3 Å². The molecule has 112 valence electrons. The van der Waals surface area contributed by atoms with Crippen molar-refractivity contribution >= 4 is 23.0 Å². The average Bonchev–Trinajstić information content (AvgIpc) is 2.85. The first-order valence-electron chi connectivity index (χ1n) is 6.95. The number of ether oxygens (including phenoxy) is 1. The molecule has 21 heavy (non-hydrogen) atoms. The minimum absolute atomic E-state index is 0.193. The highest BCUT2D eigenvalue weighted by Gasteiger charge is 2.07. The quantitative estimate of drug-likeness (QED) is 0.848. The van der Waals surface area contributed by atoms with Crippen molar-refractivity contribution in [3.05, 3.63) is 50.7 Å². The number of aryl methyl sites for hydroxylation is 3. The van der Waals surface area contributed by atoms with Gasteiger partial charge < -0.3 is 10.1 Å². The summed E-state index contributed by atoms with van der Waals surface area (Å²) >= 11 is 1.65. The number of methoxy groups -OCH3 is 1. The zero-order valence-electron chi connectivity index (χ0n) is 12.9. The number of rotatable bonds is 5. The van der Waals surface area contributed by atoms with Crippen LogP contribution in [0.5, 0.6) is 0 Å². The van der Waals surface area contributed by atoms with Gasteiger partial charge in [0, 0.05) is 22.0 Å². The van der Waals surface area contributed by atoms with Crippen LogP contribution in [-0.2, 0) is 22.5 Å². The molecular formula is C17H21NO2S. The third-order valence-electron chi connectivity index (χ3n) is 3.38. The summed E-state index contributed by atoms with van der Waals surface area (Å²) in [5.74, 6) is -0.193. The molecule has 0 radical (unpaired) electrons. The maximum Gasteiger partial charge on any atom is 0.310 e. The lowest BCUT2D eigenvalue weighted by Crippen LogP contribution is -2.03. The molecule has 1 aromatic heterocycles. The highest BCUT2D eigenvalue weighted by molar-refractivity contribution is 7.12. The van der Waals surface area contributed by atoms with Gasteiger partial charge in [0.15, 0.2) is 0 Å². The Balaban J connectivity index is 2.02. The lowest BCUT2D eigenvalue weighted by molar-refractivity contribution is -0.139. The van der Waals surface area contributed by atoms with Gasteiger partial charge in [-0.15, -0.1) is 11.3 Å². The summed E-state index contributed by atoms with van der Waals surface area (Å²) in [6.07, 6.45) is 0.351. The number of thiophene rings is 1. The smallest absolute Gasteiger partial charge is 0.310 e. The molecule has 0 aliphatic rings. The fraction of sp³-hybridized carbons (Fsp3) is 0.353. The van der Waals surface area contributed by atoms with E-state index in [0.29, 0.717) is 6.42 Å². The first kappa shape index (κ1) is 15.6. The molecule has 4 heteroatoms. The average molecular weight is 303 g/mol. The van der Waals surface area contributed by atoms with Gasteiger partial charge in [-0.05, 0) is 44.0 Å². The molecule has 0 atom stereocenters. The fourth-order valence-electron chi connectivity index (χ4n) is 2.46. The number of esters is 1. The molecule has 3 nitrogen and oxygen atoms in total. The number of hydrogen-bond acceptors (Lipinski definition) is 4. The molecule has 1 N–H and O–H groups in total. The second-order valence-corrected chi connectivity index (χ2v) is 6.50. The minimum atomic E-state index is -0.193. The lowest BCUT2D eigenvalue weighted by atomic mass is 10.1. The molecule has 1 aromatic carbocycles. The predicted octanol–water partition coefficient (Wildman–Crippen LogP) is 4.00. The normalized spacial score (nSPS) is 10.5. The molecule has 0 saturated heterocycles. The zero-order chi connectivity index (χ0) is 15.4. The Morgan fingerprint density at radius 1 is 1.14 bits per heavy atom. The fourth-order valence-corrected chi connectivity index (χ4v) is 3.40. The molecule has 0 unspecified atom stereocenters. The molecule has 0 saturated carbocycles. The topological polar surface area (TPSA) is 38.3 Å². The molecule has 1 heterocycles. The Bertz CT molecular complexity index is 623. The van der Waals surface area contributed by atoms with Crippen LogP contribution in [0.1, 0.15) is 26.4 Å². The zero-order valence-corrected chi connectivity index (χ0v) is 13.8. The molecule has 0 bridgehead atoms. The van der Waals surface area contributed by atoms with E-state index in [4.69, 9.17) is 0 Å². The van der Waals surface area contributed by atoms with Crippen LogP contribution in [-0.4, -0.2) is 13.1 Å². The van der Waals surface area contributed by atoms with Gasteiger partial charge in [-0.2, -0.15) is 0 Å². The molecule has 0 aliphatic heterocycles. The second kappa shape index (κ2) is 6.76. The van der Waals surface area contributed by atoms with Gasteiger partial charge >= 0.3 is 5.97 Å². The van der Waals surface area contributed by atoms with Crippen molar-refractivity contribution in [3.8, 4) is 0 Å². The Morgan fingerprint density at radius 2 is 1.76 bits per heavy atom. The van der Waals surface area contributed by atoms with Crippen LogP contribution in [0.3, 0.4) is 0 Å². The molecule has 2 rings (SSSR count). The Hall–Kier alpha value is -1.81. The third kappa shape index (κ3) is 4.08. The number of anilines is 1. The Kier molecular flexibility index (Phi) is 5.02. The van der Waals surface area contributed by atoms with E-state index >= 15 is 0 Å². The summed E-state index contributed by atoms with van der Waals surface area (Å²) in [4.78, 5) is 13.5. The molecule has 0 fully saturated rings. The lowest BCUT2D eigenvalue weighted by Gasteiger charge is -2.13. The van der Waals surface area contributed by atoms with Crippen molar-refractivity contribution < 1.29 is 9.53 Å². The first-order chi connectivity index (χ1) is 9.99. The molecule has 0 amide bonds. The second-order valence-electron chi connectivity index (χ2n) is 5.25. The van der Waals surface area contributed by atoms with Crippen LogP contribution in [0.2, 0.25) is 0 Å². The van der Waals surface area contributed by atoms with Gasteiger partial charge in [0.05, 0.1) is 13.5 Å². The van der Waals surface area contributed by atoms with E-state index in [1.165, 1.54) is 34.4 Å². The van der Waals surface area contributed by atoms with Crippen LogP contribution in [0.25, 0.3) is 0 Å². The summed E-state index contributed by atoms with van der Waals surface area (Å²) in [5.41, 5.74) is 5.01. The van der Waals surface area contributed by atoms with Crippen LogP contribution in [0.15, 0.2) is 24.3 Å². The first-order valence-corrected chi connectivity index (χ1v) is 7.77. The molecule has 0 spiro atoms. The van der Waals surface area contributed by atoms with Gasteiger partial charge in [0.2, 0.25) is 0 Å². The van der Waals surface area contributed by atoms with Crippen molar-refractivity contribution in [2.75, 3.05) is 12.4 Å². The van der Waals surface area contributed by atoms with E-state index < -0.39 is 0 Å². The minimum Gasteiger partial charge on any atom is -0.469 e. The van der Waals surface area contributed by atoms with Gasteiger partial charge in [-0.25, -0.2) is 0 Å².